The lowest BCUT2D eigenvalue weighted by molar-refractivity contribution is 0.603. The molecule has 0 bridgehead atoms. The van der Waals surface area contributed by atoms with Gasteiger partial charge in [-0.3, -0.25) is 0 Å². The first kappa shape index (κ1) is 15.9. The first-order chi connectivity index (χ1) is 11.5. The minimum Gasteiger partial charge on any atom is -0.383 e. The number of nitrogens with two attached hydrogens (primary N) is 1. The van der Waals surface area contributed by atoms with Gasteiger partial charge in [-0.25, -0.2) is 13.8 Å². The van der Waals surface area contributed by atoms with Crippen molar-refractivity contribution in [3.8, 4) is 28.5 Å². The fourth-order valence-electron chi connectivity index (χ4n) is 2.39. The monoisotopic (exact) mass is 341 g/mol. The summed E-state index contributed by atoms with van der Waals surface area (Å²) in [7, 11) is 0. The maximum absolute atomic E-state index is 14.1. The van der Waals surface area contributed by atoms with Crippen LogP contribution in [0.25, 0.3) is 22.4 Å². The van der Waals surface area contributed by atoms with Crippen LogP contribution in [0.3, 0.4) is 0 Å². The molecule has 0 radical (unpaired) electrons. The molecular formula is C18H10ClF2N3. The number of rotatable bonds is 2. The molecule has 0 aliphatic carbocycles. The average Bonchev–Trinajstić information content (AvgIpc) is 2.56. The summed E-state index contributed by atoms with van der Waals surface area (Å²) >= 11 is 5.97. The van der Waals surface area contributed by atoms with E-state index >= 15 is 0 Å². The van der Waals surface area contributed by atoms with Crippen molar-refractivity contribution in [3.05, 3.63) is 70.8 Å². The number of anilines is 1. The van der Waals surface area contributed by atoms with Crippen LogP contribution in [-0.2, 0) is 0 Å². The molecule has 2 N–H and O–H groups in total. The van der Waals surface area contributed by atoms with Crippen molar-refractivity contribution in [2.45, 2.75) is 0 Å². The van der Waals surface area contributed by atoms with E-state index in [1.807, 2.05) is 6.07 Å². The van der Waals surface area contributed by atoms with Crippen LogP contribution in [-0.4, -0.2) is 4.98 Å². The number of pyridine rings is 1. The highest BCUT2D eigenvalue weighted by atomic mass is 35.5. The molecule has 3 rings (SSSR count). The molecule has 0 atom stereocenters. The predicted octanol–water partition coefficient (Wildman–Crippen LogP) is 4.80. The number of halogens is 3. The summed E-state index contributed by atoms with van der Waals surface area (Å²) in [6, 6.07) is 13.3. The molecule has 3 aromatic rings. The molecule has 6 heteroatoms. The molecule has 0 aliphatic heterocycles. The summed E-state index contributed by atoms with van der Waals surface area (Å²) in [6.45, 7) is 0. The third kappa shape index (κ3) is 2.92. The van der Waals surface area contributed by atoms with Gasteiger partial charge in [-0.2, -0.15) is 5.26 Å². The van der Waals surface area contributed by atoms with Crippen molar-refractivity contribution in [1.29, 1.82) is 5.26 Å². The summed E-state index contributed by atoms with van der Waals surface area (Å²) in [5, 5.41) is 9.82. The number of nitrogen functional groups attached to an aromatic ring is 1. The van der Waals surface area contributed by atoms with Crippen LogP contribution in [0.5, 0.6) is 0 Å². The lowest BCUT2D eigenvalue weighted by Gasteiger charge is -2.11. The highest BCUT2D eigenvalue weighted by Gasteiger charge is 2.17. The minimum absolute atomic E-state index is 0.00900. The number of nitrogens with zero attached hydrogens (tertiary/aromatic N) is 2. The van der Waals surface area contributed by atoms with Crippen LogP contribution in [0.4, 0.5) is 14.6 Å². The fraction of sp³-hybridized carbons (Fsp3) is 0. The second kappa shape index (κ2) is 6.26. The van der Waals surface area contributed by atoms with Crippen molar-refractivity contribution >= 4 is 17.4 Å². The van der Waals surface area contributed by atoms with Gasteiger partial charge in [-0.1, -0.05) is 23.7 Å². The molecular weight excluding hydrogens is 332 g/mol. The number of aromatic nitrogens is 1. The molecule has 3 nitrogen and oxygen atoms in total. The average molecular weight is 342 g/mol. The molecule has 0 fully saturated rings. The maximum Gasteiger partial charge on any atom is 0.142 e. The lowest BCUT2D eigenvalue weighted by atomic mass is 9.98. The number of benzene rings is 2. The normalized spacial score (nSPS) is 10.4. The molecule has 118 valence electrons. The van der Waals surface area contributed by atoms with Gasteiger partial charge in [-0.15, -0.1) is 0 Å². The van der Waals surface area contributed by atoms with Crippen molar-refractivity contribution in [2.75, 3.05) is 5.73 Å². The zero-order valence-corrected chi connectivity index (χ0v) is 13.0. The number of hydrogen-bond donors (Lipinski definition) is 1. The van der Waals surface area contributed by atoms with Crippen LogP contribution < -0.4 is 5.73 Å². The van der Waals surface area contributed by atoms with Gasteiger partial charge in [0.05, 0.1) is 5.69 Å². The Hall–Kier alpha value is -2.97. The Balaban J connectivity index is 2.29. The van der Waals surface area contributed by atoms with Crippen LogP contribution >= 0.6 is 11.6 Å². The van der Waals surface area contributed by atoms with E-state index in [1.54, 1.807) is 24.3 Å². The van der Waals surface area contributed by atoms with Crippen LogP contribution in [0.2, 0.25) is 5.02 Å². The van der Waals surface area contributed by atoms with E-state index in [9.17, 15) is 14.0 Å². The van der Waals surface area contributed by atoms with E-state index in [2.05, 4.69) is 4.98 Å². The summed E-state index contributed by atoms with van der Waals surface area (Å²) < 4.78 is 27.7. The van der Waals surface area contributed by atoms with Gasteiger partial charge in [0.25, 0.3) is 0 Å². The Morgan fingerprint density at radius 2 is 1.83 bits per heavy atom. The van der Waals surface area contributed by atoms with E-state index < -0.39 is 11.6 Å². The van der Waals surface area contributed by atoms with Gasteiger partial charge in [0.15, 0.2) is 0 Å². The molecule has 1 aromatic heterocycles. The smallest absolute Gasteiger partial charge is 0.142 e. The van der Waals surface area contributed by atoms with Crippen molar-refractivity contribution in [1.82, 2.24) is 4.98 Å². The summed E-state index contributed by atoms with van der Waals surface area (Å²) in [5.74, 6) is -1.33. The Bertz CT molecular complexity index is 980. The number of hydrogen-bond acceptors (Lipinski definition) is 3. The Labute approximate surface area is 141 Å². The first-order valence-electron chi connectivity index (χ1n) is 6.91. The maximum atomic E-state index is 14.1. The van der Waals surface area contributed by atoms with Crippen molar-refractivity contribution < 1.29 is 8.78 Å². The largest absolute Gasteiger partial charge is 0.383 e. The van der Waals surface area contributed by atoms with E-state index in [-0.39, 0.29) is 22.5 Å². The van der Waals surface area contributed by atoms with Crippen LogP contribution in [0.15, 0.2) is 48.5 Å². The standard InChI is InChI=1S/C18H10ClF2N3/c19-11-3-1-2-10(6-11)17-8-13(15(9-22)18(23)24-17)14-7-12(20)4-5-16(14)21/h1-8H,(H2,23,24). The van der Waals surface area contributed by atoms with Gasteiger partial charge in [0.2, 0.25) is 0 Å². The summed E-state index contributed by atoms with van der Waals surface area (Å²) in [6.07, 6.45) is 0. The molecule has 2 aromatic carbocycles. The van der Waals surface area contributed by atoms with Crippen LogP contribution in [0, 0.1) is 23.0 Å². The Kier molecular flexibility index (Phi) is 4.15. The fourth-order valence-corrected chi connectivity index (χ4v) is 2.58. The summed E-state index contributed by atoms with van der Waals surface area (Å²) in [5.41, 5.74) is 7.03. The van der Waals surface area contributed by atoms with Gasteiger partial charge in [0.1, 0.15) is 29.1 Å². The van der Waals surface area contributed by atoms with Crippen LogP contribution in [0.1, 0.15) is 5.56 Å². The van der Waals surface area contributed by atoms with Crippen molar-refractivity contribution in [2.24, 2.45) is 0 Å². The van der Waals surface area contributed by atoms with Gasteiger partial charge >= 0.3 is 0 Å². The predicted molar refractivity (Wildman–Crippen MR) is 89.2 cm³/mol. The van der Waals surface area contributed by atoms with E-state index in [4.69, 9.17) is 17.3 Å². The zero-order valence-electron chi connectivity index (χ0n) is 12.2. The SMILES string of the molecule is N#Cc1c(-c2cc(F)ccc2F)cc(-c2cccc(Cl)c2)nc1N. The lowest BCUT2D eigenvalue weighted by Crippen LogP contribution is -2.01. The molecule has 0 amide bonds. The van der Waals surface area contributed by atoms with Crippen molar-refractivity contribution in [3.63, 3.8) is 0 Å². The highest BCUT2D eigenvalue weighted by Crippen LogP contribution is 2.33. The second-order valence-electron chi connectivity index (χ2n) is 5.06. The minimum atomic E-state index is -0.657. The molecule has 0 saturated carbocycles. The van der Waals surface area contributed by atoms with E-state index in [0.717, 1.165) is 18.2 Å². The first-order valence-corrected chi connectivity index (χ1v) is 7.29. The molecule has 0 aliphatic rings. The van der Waals surface area contributed by atoms with E-state index in [0.29, 0.717) is 16.3 Å². The topological polar surface area (TPSA) is 62.7 Å². The Morgan fingerprint density at radius 3 is 2.54 bits per heavy atom. The third-order valence-electron chi connectivity index (χ3n) is 3.50. The van der Waals surface area contributed by atoms with Gasteiger partial charge < -0.3 is 5.73 Å². The molecule has 0 saturated heterocycles. The molecule has 1 heterocycles. The van der Waals surface area contributed by atoms with Gasteiger partial charge in [-0.05, 0) is 36.4 Å². The Morgan fingerprint density at radius 1 is 1.04 bits per heavy atom. The molecule has 0 unspecified atom stereocenters. The quantitative estimate of drug-likeness (QED) is 0.728. The molecule has 24 heavy (non-hydrogen) atoms. The van der Waals surface area contributed by atoms with Gasteiger partial charge in [0, 0.05) is 21.7 Å². The zero-order chi connectivity index (χ0) is 17.3. The van der Waals surface area contributed by atoms with E-state index in [1.165, 1.54) is 6.07 Å². The second-order valence-corrected chi connectivity index (χ2v) is 5.50. The summed E-state index contributed by atoms with van der Waals surface area (Å²) in [4.78, 5) is 4.17. The molecule has 0 spiro atoms. The highest BCUT2D eigenvalue weighted by molar-refractivity contribution is 6.30. The number of nitriles is 1. The third-order valence-corrected chi connectivity index (χ3v) is 3.73.